The molecule has 1 aliphatic heterocycles. The van der Waals surface area contributed by atoms with E-state index in [2.05, 4.69) is 36.6 Å². The Morgan fingerprint density at radius 3 is 2.72 bits per heavy atom. The second-order valence-corrected chi connectivity index (χ2v) is 8.34. The zero-order chi connectivity index (χ0) is 21.8. The van der Waals surface area contributed by atoms with Crippen LogP contribution in [0.4, 0.5) is 10.2 Å². The molecule has 162 valence electrons. The zero-order valence-electron chi connectivity index (χ0n) is 18.0. The molecule has 1 saturated carbocycles. The molecule has 0 N–H and O–H groups in total. The lowest BCUT2D eigenvalue weighted by Gasteiger charge is -2.45. The lowest BCUT2D eigenvalue weighted by molar-refractivity contribution is 0.341. The van der Waals surface area contributed by atoms with E-state index in [1.54, 1.807) is 35.2 Å². The van der Waals surface area contributed by atoms with Gasteiger partial charge in [0.25, 0.3) is 0 Å². The number of rotatable bonds is 4. The SMILES string of the molecule is CCC1c2nnc(C)n2-c2cnc(-n3ccnc3-c3ccccc3F)nc2N1C1CCC1. The van der Waals surface area contributed by atoms with E-state index in [9.17, 15) is 4.39 Å². The van der Waals surface area contributed by atoms with Gasteiger partial charge in [0.2, 0.25) is 5.95 Å². The van der Waals surface area contributed by atoms with Gasteiger partial charge in [-0.25, -0.2) is 14.4 Å². The molecular weight excluding hydrogens is 407 g/mol. The summed E-state index contributed by atoms with van der Waals surface area (Å²) in [6.45, 7) is 4.12. The van der Waals surface area contributed by atoms with Gasteiger partial charge in [-0.2, -0.15) is 4.98 Å². The summed E-state index contributed by atoms with van der Waals surface area (Å²) in [6.07, 6.45) is 9.62. The van der Waals surface area contributed by atoms with Gasteiger partial charge >= 0.3 is 0 Å². The van der Waals surface area contributed by atoms with Crippen molar-refractivity contribution < 1.29 is 4.39 Å². The molecule has 1 aliphatic carbocycles. The summed E-state index contributed by atoms with van der Waals surface area (Å²) in [5.41, 5.74) is 1.30. The fraction of sp³-hybridized carbons (Fsp3) is 0.348. The van der Waals surface area contributed by atoms with Crippen LogP contribution < -0.4 is 4.90 Å². The van der Waals surface area contributed by atoms with Crippen LogP contribution in [0.2, 0.25) is 0 Å². The maximum absolute atomic E-state index is 14.5. The Kier molecular flexibility index (Phi) is 4.31. The van der Waals surface area contributed by atoms with Gasteiger partial charge in [0.1, 0.15) is 23.2 Å². The second-order valence-electron chi connectivity index (χ2n) is 8.34. The van der Waals surface area contributed by atoms with Crippen LogP contribution >= 0.6 is 0 Å². The van der Waals surface area contributed by atoms with Crippen molar-refractivity contribution in [3.05, 3.63) is 60.3 Å². The predicted molar refractivity (Wildman–Crippen MR) is 117 cm³/mol. The average molecular weight is 430 g/mol. The topological polar surface area (TPSA) is 77.5 Å². The molecule has 1 aromatic carbocycles. The van der Waals surface area contributed by atoms with E-state index in [0.717, 1.165) is 42.4 Å². The first-order valence-electron chi connectivity index (χ1n) is 11.0. The number of hydrogen-bond acceptors (Lipinski definition) is 6. The van der Waals surface area contributed by atoms with Gasteiger partial charge < -0.3 is 4.90 Å². The Morgan fingerprint density at radius 1 is 1.12 bits per heavy atom. The molecule has 8 nitrogen and oxygen atoms in total. The van der Waals surface area contributed by atoms with Crippen molar-refractivity contribution in [3.8, 4) is 23.0 Å². The molecule has 2 aliphatic rings. The molecule has 1 atom stereocenters. The van der Waals surface area contributed by atoms with Crippen molar-refractivity contribution >= 4 is 5.82 Å². The minimum atomic E-state index is -0.329. The van der Waals surface area contributed by atoms with Crippen molar-refractivity contribution in [2.24, 2.45) is 0 Å². The zero-order valence-corrected chi connectivity index (χ0v) is 18.0. The van der Waals surface area contributed by atoms with Gasteiger partial charge in [0.05, 0.1) is 17.8 Å². The summed E-state index contributed by atoms with van der Waals surface area (Å²) in [5, 5.41) is 8.84. The number of halogens is 1. The molecule has 0 amide bonds. The Bertz CT molecular complexity index is 1310. The van der Waals surface area contributed by atoms with Crippen LogP contribution in [0.15, 0.2) is 42.9 Å². The third kappa shape index (κ3) is 2.70. The van der Waals surface area contributed by atoms with E-state index in [1.165, 1.54) is 12.5 Å². The molecule has 4 aromatic rings. The first-order chi connectivity index (χ1) is 15.7. The largest absolute Gasteiger partial charge is 0.341 e. The van der Waals surface area contributed by atoms with Crippen LogP contribution in [0.3, 0.4) is 0 Å². The first-order valence-corrected chi connectivity index (χ1v) is 11.0. The van der Waals surface area contributed by atoms with Crippen LogP contribution in [0.25, 0.3) is 23.0 Å². The predicted octanol–water partition coefficient (Wildman–Crippen LogP) is 4.18. The highest BCUT2D eigenvalue weighted by atomic mass is 19.1. The minimum absolute atomic E-state index is 0.102. The van der Waals surface area contributed by atoms with Gasteiger partial charge in [-0.05, 0) is 44.7 Å². The van der Waals surface area contributed by atoms with Gasteiger partial charge in [-0.3, -0.25) is 9.13 Å². The highest BCUT2D eigenvalue weighted by molar-refractivity contribution is 5.64. The standard InChI is InChI=1S/C23H23FN8/c1-3-18-22-29-28-14(2)31(22)19-13-26-23(27-21(19)32(18)15-7-6-8-15)30-12-11-25-20(30)16-9-4-5-10-17(16)24/h4-5,9-13,15,18H,3,6-8H2,1-2H3. The fourth-order valence-corrected chi connectivity index (χ4v) is 4.76. The Hall–Kier alpha value is -3.62. The number of imidazole rings is 1. The summed E-state index contributed by atoms with van der Waals surface area (Å²) < 4.78 is 18.3. The minimum Gasteiger partial charge on any atom is -0.341 e. The number of nitrogens with zero attached hydrogens (tertiary/aromatic N) is 8. The van der Waals surface area contributed by atoms with Gasteiger partial charge in [-0.1, -0.05) is 19.1 Å². The molecule has 0 bridgehead atoms. The molecule has 1 unspecified atom stereocenters. The molecule has 0 radical (unpaired) electrons. The van der Waals surface area contributed by atoms with Crippen LogP contribution in [-0.2, 0) is 0 Å². The van der Waals surface area contributed by atoms with E-state index in [0.29, 0.717) is 23.4 Å². The highest BCUT2D eigenvalue weighted by Gasteiger charge is 2.40. The van der Waals surface area contributed by atoms with Crippen molar-refractivity contribution in [1.82, 2.24) is 34.3 Å². The molecule has 1 fully saturated rings. The molecule has 0 spiro atoms. The van der Waals surface area contributed by atoms with Crippen LogP contribution in [0.1, 0.15) is 50.3 Å². The molecular formula is C23H23FN8. The molecule has 0 saturated heterocycles. The summed E-state index contributed by atoms with van der Waals surface area (Å²) in [7, 11) is 0. The number of aryl methyl sites for hydroxylation is 1. The molecule has 4 heterocycles. The number of anilines is 1. The van der Waals surface area contributed by atoms with Crippen molar-refractivity contribution in [1.29, 1.82) is 0 Å². The second kappa shape index (κ2) is 7.22. The summed E-state index contributed by atoms with van der Waals surface area (Å²) in [5.74, 6) is 3.24. The normalized spacial score (nSPS) is 17.7. The average Bonchev–Trinajstić information content (AvgIpc) is 3.40. The maximum Gasteiger partial charge on any atom is 0.237 e. The number of benzene rings is 1. The fourth-order valence-electron chi connectivity index (χ4n) is 4.76. The quantitative estimate of drug-likeness (QED) is 0.483. The van der Waals surface area contributed by atoms with E-state index < -0.39 is 0 Å². The van der Waals surface area contributed by atoms with Crippen molar-refractivity contribution in [2.45, 2.75) is 51.6 Å². The highest BCUT2D eigenvalue weighted by Crippen LogP contribution is 2.44. The lowest BCUT2D eigenvalue weighted by Crippen LogP contribution is -2.46. The van der Waals surface area contributed by atoms with E-state index in [-0.39, 0.29) is 11.9 Å². The molecule has 6 rings (SSSR count). The van der Waals surface area contributed by atoms with Gasteiger partial charge in [-0.15, -0.1) is 10.2 Å². The smallest absolute Gasteiger partial charge is 0.237 e. The van der Waals surface area contributed by atoms with Crippen LogP contribution in [0.5, 0.6) is 0 Å². The van der Waals surface area contributed by atoms with E-state index in [1.807, 2.05) is 13.1 Å². The van der Waals surface area contributed by atoms with Crippen molar-refractivity contribution in [2.75, 3.05) is 4.90 Å². The van der Waals surface area contributed by atoms with Crippen LogP contribution in [-0.4, -0.2) is 40.3 Å². The van der Waals surface area contributed by atoms with Gasteiger partial charge in [0, 0.05) is 18.4 Å². The van der Waals surface area contributed by atoms with E-state index in [4.69, 9.17) is 4.98 Å². The molecule has 32 heavy (non-hydrogen) atoms. The van der Waals surface area contributed by atoms with Gasteiger partial charge in [0.15, 0.2) is 11.6 Å². The van der Waals surface area contributed by atoms with Crippen LogP contribution in [0, 0.1) is 12.7 Å². The first kappa shape index (κ1) is 19.1. The third-order valence-corrected chi connectivity index (χ3v) is 6.53. The Labute approximate surface area is 184 Å². The molecule has 9 heteroatoms. The summed E-state index contributed by atoms with van der Waals surface area (Å²) in [6, 6.07) is 7.13. The molecule has 3 aromatic heterocycles. The van der Waals surface area contributed by atoms with E-state index >= 15 is 0 Å². The summed E-state index contributed by atoms with van der Waals surface area (Å²) >= 11 is 0. The third-order valence-electron chi connectivity index (χ3n) is 6.53. The monoisotopic (exact) mass is 430 g/mol. The number of hydrogen-bond donors (Lipinski definition) is 0. The Balaban J connectivity index is 1.53. The number of fused-ring (bicyclic) bond motifs is 3. The lowest BCUT2D eigenvalue weighted by atomic mass is 9.89. The summed E-state index contributed by atoms with van der Waals surface area (Å²) in [4.78, 5) is 16.4. The Morgan fingerprint density at radius 2 is 1.97 bits per heavy atom. The number of aromatic nitrogens is 7. The van der Waals surface area contributed by atoms with Crippen molar-refractivity contribution in [3.63, 3.8) is 0 Å². The maximum atomic E-state index is 14.5.